The van der Waals surface area contributed by atoms with Crippen molar-refractivity contribution in [3.63, 3.8) is 0 Å². The van der Waals surface area contributed by atoms with Crippen LogP contribution in [0.5, 0.6) is 0 Å². The summed E-state index contributed by atoms with van der Waals surface area (Å²) in [5.41, 5.74) is 2.24. The zero-order chi connectivity index (χ0) is 13.1. The van der Waals surface area contributed by atoms with Gasteiger partial charge in [-0.1, -0.05) is 0 Å². The first-order valence-electron chi connectivity index (χ1n) is 5.85. The van der Waals surface area contributed by atoms with Gasteiger partial charge in [-0.3, -0.25) is 9.48 Å². The third-order valence-electron chi connectivity index (χ3n) is 2.79. The molecule has 0 aliphatic carbocycles. The van der Waals surface area contributed by atoms with Crippen molar-refractivity contribution in [2.45, 2.75) is 6.92 Å². The molecule has 0 saturated heterocycles. The van der Waals surface area contributed by atoms with E-state index in [1.54, 1.807) is 10.9 Å². The normalized spacial score (nSPS) is 9.75. The fraction of sp³-hybridized carbons (Fsp3) is 0.417. The SMILES string of the molecule is CNCCNC(=O)c1cnc2c(c1)c(C)nn2C.Cl.Cl. The molecule has 0 bridgehead atoms. The maximum absolute atomic E-state index is 11.9. The maximum atomic E-state index is 11.9. The molecule has 0 aliphatic rings. The molecule has 0 radical (unpaired) electrons. The number of aryl methyl sites for hydroxylation is 2. The Morgan fingerprint density at radius 1 is 1.35 bits per heavy atom. The van der Waals surface area contributed by atoms with Gasteiger partial charge in [-0.15, -0.1) is 24.8 Å². The van der Waals surface area contributed by atoms with E-state index >= 15 is 0 Å². The predicted octanol–water partition coefficient (Wildman–Crippen LogP) is 1.07. The summed E-state index contributed by atoms with van der Waals surface area (Å²) < 4.78 is 1.72. The maximum Gasteiger partial charge on any atom is 0.252 e. The zero-order valence-electron chi connectivity index (χ0n) is 11.6. The summed E-state index contributed by atoms with van der Waals surface area (Å²) in [7, 11) is 3.69. The highest BCUT2D eigenvalue weighted by Crippen LogP contribution is 2.16. The first kappa shape index (κ1) is 18.6. The molecule has 0 aromatic carbocycles. The number of hydrogen-bond acceptors (Lipinski definition) is 4. The van der Waals surface area contributed by atoms with Crippen LogP contribution in [0.25, 0.3) is 11.0 Å². The van der Waals surface area contributed by atoms with Gasteiger partial charge in [0.2, 0.25) is 0 Å². The third-order valence-corrected chi connectivity index (χ3v) is 2.79. The molecule has 2 heterocycles. The summed E-state index contributed by atoms with van der Waals surface area (Å²) >= 11 is 0. The summed E-state index contributed by atoms with van der Waals surface area (Å²) in [6, 6.07) is 1.83. The van der Waals surface area contributed by atoms with Crippen LogP contribution in [0, 0.1) is 6.92 Å². The van der Waals surface area contributed by atoms with Crippen LogP contribution >= 0.6 is 24.8 Å². The van der Waals surface area contributed by atoms with Gasteiger partial charge in [0.05, 0.1) is 11.3 Å². The number of likely N-dealkylation sites (N-methyl/N-ethyl adjacent to an activating group) is 1. The van der Waals surface area contributed by atoms with Crippen LogP contribution in [0.15, 0.2) is 12.3 Å². The number of amides is 1. The number of carbonyl (C=O) groups excluding carboxylic acids is 1. The standard InChI is InChI=1S/C12H17N5O.2ClH/c1-8-10-6-9(12(18)14-5-4-13-2)7-15-11(10)17(3)16-8;;/h6-7,13H,4-5H2,1-3H3,(H,14,18);2*1H. The summed E-state index contributed by atoms with van der Waals surface area (Å²) in [5, 5.41) is 11.0. The van der Waals surface area contributed by atoms with Crippen molar-refractivity contribution in [1.82, 2.24) is 25.4 Å². The molecule has 0 aliphatic heterocycles. The predicted molar refractivity (Wildman–Crippen MR) is 84.0 cm³/mol. The van der Waals surface area contributed by atoms with Gasteiger partial charge in [-0.05, 0) is 20.0 Å². The molecule has 2 aromatic rings. The number of hydrogen-bond donors (Lipinski definition) is 2. The fourth-order valence-corrected chi connectivity index (χ4v) is 1.84. The van der Waals surface area contributed by atoms with Crippen molar-refractivity contribution >= 4 is 41.8 Å². The summed E-state index contributed by atoms with van der Waals surface area (Å²) in [5.74, 6) is -0.108. The average molecular weight is 320 g/mol. The number of nitrogens with one attached hydrogen (secondary N) is 2. The lowest BCUT2D eigenvalue weighted by atomic mass is 10.2. The average Bonchev–Trinajstić information content (AvgIpc) is 2.65. The first-order valence-corrected chi connectivity index (χ1v) is 5.85. The van der Waals surface area contributed by atoms with Crippen molar-refractivity contribution in [3.05, 3.63) is 23.5 Å². The summed E-state index contributed by atoms with van der Waals surface area (Å²) in [4.78, 5) is 16.2. The highest BCUT2D eigenvalue weighted by molar-refractivity contribution is 5.97. The highest BCUT2D eigenvalue weighted by Gasteiger charge is 2.11. The van der Waals surface area contributed by atoms with E-state index in [4.69, 9.17) is 0 Å². The number of halogens is 2. The minimum atomic E-state index is -0.108. The van der Waals surface area contributed by atoms with Crippen LogP contribution in [0.1, 0.15) is 16.1 Å². The molecule has 112 valence electrons. The first-order chi connectivity index (χ1) is 8.63. The van der Waals surface area contributed by atoms with Crippen LogP contribution in [0.2, 0.25) is 0 Å². The second-order valence-electron chi connectivity index (χ2n) is 4.16. The minimum absolute atomic E-state index is 0. The summed E-state index contributed by atoms with van der Waals surface area (Å²) in [6.07, 6.45) is 1.58. The van der Waals surface area contributed by atoms with Crippen molar-refractivity contribution in [3.8, 4) is 0 Å². The van der Waals surface area contributed by atoms with Gasteiger partial charge < -0.3 is 10.6 Å². The Labute approximate surface area is 130 Å². The quantitative estimate of drug-likeness (QED) is 0.827. The molecule has 0 unspecified atom stereocenters. The Morgan fingerprint density at radius 3 is 2.70 bits per heavy atom. The van der Waals surface area contributed by atoms with Gasteiger partial charge >= 0.3 is 0 Å². The van der Waals surface area contributed by atoms with Gasteiger partial charge in [0.15, 0.2) is 5.65 Å². The topological polar surface area (TPSA) is 71.8 Å². The van der Waals surface area contributed by atoms with Crippen molar-refractivity contribution in [2.75, 3.05) is 20.1 Å². The van der Waals surface area contributed by atoms with Crippen LogP contribution < -0.4 is 10.6 Å². The number of carbonyl (C=O) groups is 1. The number of aromatic nitrogens is 3. The lowest BCUT2D eigenvalue weighted by Crippen LogP contribution is -2.30. The van der Waals surface area contributed by atoms with Crippen molar-refractivity contribution in [1.29, 1.82) is 0 Å². The smallest absolute Gasteiger partial charge is 0.252 e. The molecule has 1 amide bonds. The van der Waals surface area contributed by atoms with E-state index in [0.717, 1.165) is 23.3 Å². The number of fused-ring (bicyclic) bond motifs is 1. The molecule has 2 aromatic heterocycles. The van der Waals surface area contributed by atoms with Crippen LogP contribution in [0.4, 0.5) is 0 Å². The molecule has 2 rings (SSSR count). The minimum Gasteiger partial charge on any atom is -0.351 e. The number of nitrogens with zero attached hydrogens (tertiary/aromatic N) is 3. The molecule has 0 atom stereocenters. The fourth-order valence-electron chi connectivity index (χ4n) is 1.84. The van der Waals surface area contributed by atoms with Gasteiger partial charge in [0, 0.05) is 31.7 Å². The molecular formula is C12H19Cl2N5O. The van der Waals surface area contributed by atoms with E-state index in [0.29, 0.717) is 12.1 Å². The van der Waals surface area contributed by atoms with E-state index < -0.39 is 0 Å². The molecule has 2 N–H and O–H groups in total. The molecule has 20 heavy (non-hydrogen) atoms. The Balaban J connectivity index is 0.00000180. The second-order valence-corrected chi connectivity index (χ2v) is 4.16. The lowest BCUT2D eigenvalue weighted by Gasteiger charge is -2.04. The summed E-state index contributed by atoms with van der Waals surface area (Å²) in [6.45, 7) is 3.25. The zero-order valence-corrected chi connectivity index (χ0v) is 13.3. The van der Waals surface area contributed by atoms with Crippen LogP contribution in [-0.2, 0) is 7.05 Å². The highest BCUT2D eigenvalue weighted by atomic mass is 35.5. The monoisotopic (exact) mass is 319 g/mol. The Hall–Kier alpha value is -1.37. The van der Waals surface area contributed by atoms with E-state index in [9.17, 15) is 4.79 Å². The lowest BCUT2D eigenvalue weighted by molar-refractivity contribution is 0.0954. The van der Waals surface area contributed by atoms with Gasteiger partial charge in [-0.25, -0.2) is 4.98 Å². The Morgan fingerprint density at radius 2 is 2.05 bits per heavy atom. The second kappa shape index (κ2) is 8.04. The Kier molecular flexibility index (Phi) is 7.49. The van der Waals surface area contributed by atoms with E-state index in [1.165, 1.54) is 0 Å². The van der Waals surface area contributed by atoms with Crippen LogP contribution in [-0.4, -0.2) is 40.8 Å². The van der Waals surface area contributed by atoms with E-state index in [1.807, 2.05) is 27.1 Å². The number of rotatable bonds is 4. The number of pyridine rings is 1. The molecule has 0 fully saturated rings. The van der Waals surface area contributed by atoms with Gasteiger partial charge in [0.1, 0.15) is 0 Å². The third kappa shape index (κ3) is 3.82. The van der Waals surface area contributed by atoms with E-state index in [2.05, 4.69) is 20.7 Å². The van der Waals surface area contributed by atoms with Crippen LogP contribution in [0.3, 0.4) is 0 Å². The van der Waals surface area contributed by atoms with Crippen molar-refractivity contribution < 1.29 is 4.79 Å². The molecule has 0 saturated carbocycles. The van der Waals surface area contributed by atoms with Gasteiger partial charge in [-0.2, -0.15) is 5.10 Å². The molecule has 8 heteroatoms. The largest absolute Gasteiger partial charge is 0.351 e. The Bertz CT molecular complexity index is 584. The molecule has 6 nitrogen and oxygen atoms in total. The van der Waals surface area contributed by atoms with E-state index in [-0.39, 0.29) is 30.7 Å². The van der Waals surface area contributed by atoms with Gasteiger partial charge in [0.25, 0.3) is 5.91 Å². The van der Waals surface area contributed by atoms with Crippen molar-refractivity contribution in [2.24, 2.45) is 7.05 Å². The molecule has 0 spiro atoms. The molecular weight excluding hydrogens is 301 g/mol.